The number of nitrogens with zero attached hydrogens (tertiary/aromatic N) is 3. The molecule has 29 heavy (non-hydrogen) atoms. The van der Waals surface area contributed by atoms with E-state index in [1.807, 2.05) is 59.8 Å². The molecule has 0 radical (unpaired) electrons. The van der Waals surface area contributed by atoms with Gasteiger partial charge in [-0.05, 0) is 48.9 Å². The van der Waals surface area contributed by atoms with Crippen LogP contribution in [-0.2, 0) is 11.3 Å². The molecular weight excluding hydrogens is 384 g/mol. The van der Waals surface area contributed by atoms with Gasteiger partial charge < -0.3 is 14.8 Å². The Bertz CT molecular complexity index is 971. The molecule has 3 heterocycles. The number of aryl methyl sites for hydroxylation is 1. The summed E-state index contributed by atoms with van der Waals surface area (Å²) in [5.41, 5.74) is 1.96. The van der Waals surface area contributed by atoms with Crippen LogP contribution in [0.25, 0.3) is 0 Å². The first kappa shape index (κ1) is 19.4. The van der Waals surface area contributed by atoms with Crippen LogP contribution in [0.4, 0.5) is 5.69 Å². The van der Waals surface area contributed by atoms with Gasteiger partial charge in [0, 0.05) is 43.6 Å². The summed E-state index contributed by atoms with van der Waals surface area (Å²) >= 11 is 1.46. The Labute approximate surface area is 174 Å². The van der Waals surface area contributed by atoms with Gasteiger partial charge in [-0.25, -0.2) is 4.98 Å². The molecule has 150 valence electrons. The van der Waals surface area contributed by atoms with E-state index in [2.05, 4.69) is 14.9 Å². The lowest BCUT2D eigenvalue weighted by molar-refractivity contribution is -0.121. The van der Waals surface area contributed by atoms with E-state index in [1.54, 1.807) is 6.20 Å². The number of imidazole rings is 1. The highest BCUT2D eigenvalue weighted by Crippen LogP contribution is 2.22. The van der Waals surface area contributed by atoms with Gasteiger partial charge in [-0.3, -0.25) is 9.59 Å². The highest BCUT2D eigenvalue weighted by atomic mass is 32.1. The SMILES string of the molecule is Cc1nccn1Cc1ccc(NC(=O)C2CCN(C(=O)c3cccs3)CC2)cc1. The number of benzene rings is 1. The van der Waals surface area contributed by atoms with Crippen LogP contribution in [0, 0.1) is 12.8 Å². The highest BCUT2D eigenvalue weighted by molar-refractivity contribution is 7.12. The zero-order chi connectivity index (χ0) is 20.2. The predicted molar refractivity (Wildman–Crippen MR) is 114 cm³/mol. The second kappa shape index (κ2) is 8.61. The molecule has 2 amide bonds. The maximum absolute atomic E-state index is 12.6. The normalized spacial score (nSPS) is 14.7. The summed E-state index contributed by atoms with van der Waals surface area (Å²) in [7, 11) is 0. The fourth-order valence-corrected chi connectivity index (χ4v) is 4.30. The number of nitrogens with one attached hydrogen (secondary N) is 1. The quantitative estimate of drug-likeness (QED) is 0.698. The number of anilines is 1. The number of thiophene rings is 1. The fourth-order valence-electron chi connectivity index (χ4n) is 3.61. The van der Waals surface area contributed by atoms with Crippen molar-refractivity contribution in [1.82, 2.24) is 14.5 Å². The lowest BCUT2D eigenvalue weighted by atomic mass is 9.95. The van der Waals surface area contributed by atoms with Crippen molar-refractivity contribution >= 4 is 28.8 Å². The Morgan fingerprint density at radius 1 is 1.17 bits per heavy atom. The smallest absolute Gasteiger partial charge is 0.263 e. The van der Waals surface area contributed by atoms with E-state index in [0.717, 1.165) is 28.5 Å². The Balaban J connectivity index is 1.28. The third-order valence-corrected chi connectivity index (χ3v) is 6.24. The van der Waals surface area contributed by atoms with Crippen molar-refractivity contribution in [2.75, 3.05) is 18.4 Å². The molecule has 0 spiro atoms. The van der Waals surface area contributed by atoms with Crippen molar-refractivity contribution in [2.24, 2.45) is 5.92 Å². The first-order valence-electron chi connectivity index (χ1n) is 9.80. The van der Waals surface area contributed by atoms with Crippen LogP contribution >= 0.6 is 11.3 Å². The molecule has 1 aliphatic rings. The largest absolute Gasteiger partial charge is 0.338 e. The number of piperidine rings is 1. The number of rotatable bonds is 5. The lowest BCUT2D eigenvalue weighted by Crippen LogP contribution is -2.41. The van der Waals surface area contributed by atoms with Gasteiger partial charge in [0.1, 0.15) is 5.82 Å². The van der Waals surface area contributed by atoms with Gasteiger partial charge in [-0.2, -0.15) is 0 Å². The zero-order valence-electron chi connectivity index (χ0n) is 16.4. The molecule has 0 bridgehead atoms. The molecule has 1 aromatic carbocycles. The Hall–Kier alpha value is -2.93. The fraction of sp³-hybridized carbons (Fsp3) is 0.318. The van der Waals surface area contributed by atoms with Crippen molar-refractivity contribution in [2.45, 2.75) is 26.3 Å². The number of hydrogen-bond donors (Lipinski definition) is 1. The summed E-state index contributed by atoms with van der Waals surface area (Å²) < 4.78 is 2.08. The summed E-state index contributed by atoms with van der Waals surface area (Å²) in [4.78, 5) is 31.9. The standard InChI is InChI=1S/C22H24N4O2S/c1-16-23-10-13-26(16)15-17-4-6-19(7-5-17)24-21(27)18-8-11-25(12-9-18)22(28)20-3-2-14-29-20/h2-7,10,13-14,18H,8-9,11-12,15H2,1H3,(H,24,27). The number of carbonyl (C=O) groups is 2. The molecule has 7 heteroatoms. The van der Waals surface area contributed by atoms with Crippen LogP contribution < -0.4 is 5.32 Å². The Kier molecular flexibility index (Phi) is 5.76. The second-order valence-corrected chi connectivity index (χ2v) is 8.28. The summed E-state index contributed by atoms with van der Waals surface area (Å²) in [6.45, 7) is 3.99. The number of amides is 2. The van der Waals surface area contributed by atoms with Crippen LogP contribution in [0.15, 0.2) is 54.2 Å². The van der Waals surface area contributed by atoms with Gasteiger partial charge in [0.25, 0.3) is 5.91 Å². The topological polar surface area (TPSA) is 67.2 Å². The minimum absolute atomic E-state index is 0.0337. The van der Waals surface area contributed by atoms with E-state index in [0.29, 0.717) is 25.9 Å². The predicted octanol–water partition coefficient (Wildman–Crippen LogP) is 3.79. The van der Waals surface area contributed by atoms with Gasteiger partial charge in [0.15, 0.2) is 0 Å². The van der Waals surface area contributed by atoms with E-state index in [1.165, 1.54) is 11.3 Å². The van der Waals surface area contributed by atoms with Crippen LogP contribution in [0.5, 0.6) is 0 Å². The molecule has 4 rings (SSSR count). The average molecular weight is 409 g/mol. The minimum Gasteiger partial charge on any atom is -0.338 e. The van der Waals surface area contributed by atoms with E-state index >= 15 is 0 Å². The van der Waals surface area contributed by atoms with Crippen LogP contribution in [0.3, 0.4) is 0 Å². The van der Waals surface area contributed by atoms with Crippen molar-refractivity contribution in [3.05, 3.63) is 70.4 Å². The molecule has 0 atom stereocenters. The van der Waals surface area contributed by atoms with Crippen molar-refractivity contribution in [1.29, 1.82) is 0 Å². The zero-order valence-corrected chi connectivity index (χ0v) is 17.2. The van der Waals surface area contributed by atoms with Crippen molar-refractivity contribution in [3.8, 4) is 0 Å². The van der Waals surface area contributed by atoms with E-state index in [-0.39, 0.29) is 17.7 Å². The summed E-state index contributed by atoms with van der Waals surface area (Å²) in [5, 5.41) is 4.93. The maximum atomic E-state index is 12.6. The molecule has 1 N–H and O–H groups in total. The molecule has 6 nitrogen and oxygen atoms in total. The molecule has 0 saturated carbocycles. The van der Waals surface area contributed by atoms with E-state index in [4.69, 9.17) is 0 Å². The Morgan fingerprint density at radius 2 is 1.93 bits per heavy atom. The summed E-state index contributed by atoms with van der Waals surface area (Å²) in [6, 6.07) is 11.7. The number of aromatic nitrogens is 2. The van der Waals surface area contributed by atoms with Crippen LogP contribution in [0.1, 0.15) is 33.9 Å². The summed E-state index contributed by atoms with van der Waals surface area (Å²) in [5.74, 6) is 1.02. The molecule has 1 aliphatic heterocycles. The monoisotopic (exact) mass is 408 g/mol. The van der Waals surface area contributed by atoms with Gasteiger partial charge >= 0.3 is 0 Å². The molecular formula is C22H24N4O2S. The summed E-state index contributed by atoms with van der Waals surface area (Å²) in [6.07, 6.45) is 5.14. The van der Waals surface area contributed by atoms with E-state index < -0.39 is 0 Å². The minimum atomic E-state index is -0.0596. The molecule has 0 aliphatic carbocycles. The maximum Gasteiger partial charge on any atom is 0.263 e. The van der Waals surface area contributed by atoms with Crippen LogP contribution in [-0.4, -0.2) is 39.4 Å². The van der Waals surface area contributed by atoms with Gasteiger partial charge in [-0.15, -0.1) is 11.3 Å². The first-order valence-corrected chi connectivity index (χ1v) is 10.7. The lowest BCUT2D eigenvalue weighted by Gasteiger charge is -2.31. The van der Waals surface area contributed by atoms with Crippen molar-refractivity contribution < 1.29 is 9.59 Å². The molecule has 3 aromatic rings. The third-order valence-electron chi connectivity index (χ3n) is 5.38. The van der Waals surface area contributed by atoms with Crippen LogP contribution in [0.2, 0.25) is 0 Å². The molecule has 2 aromatic heterocycles. The van der Waals surface area contributed by atoms with Gasteiger partial charge in [-0.1, -0.05) is 18.2 Å². The third kappa shape index (κ3) is 4.56. The number of hydrogen-bond acceptors (Lipinski definition) is 4. The average Bonchev–Trinajstić information content (AvgIpc) is 3.41. The second-order valence-electron chi connectivity index (χ2n) is 7.33. The molecule has 1 fully saturated rings. The molecule has 1 saturated heterocycles. The van der Waals surface area contributed by atoms with Gasteiger partial charge in [0.2, 0.25) is 5.91 Å². The number of likely N-dealkylation sites (tertiary alicyclic amines) is 1. The Morgan fingerprint density at radius 3 is 2.55 bits per heavy atom. The van der Waals surface area contributed by atoms with E-state index in [9.17, 15) is 9.59 Å². The van der Waals surface area contributed by atoms with Crippen molar-refractivity contribution in [3.63, 3.8) is 0 Å². The van der Waals surface area contributed by atoms with Gasteiger partial charge in [0.05, 0.1) is 4.88 Å². The highest BCUT2D eigenvalue weighted by Gasteiger charge is 2.28. The number of carbonyl (C=O) groups excluding carboxylic acids is 2. The molecule has 0 unspecified atom stereocenters. The first-order chi connectivity index (χ1) is 14.1.